The summed E-state index contributed by atoms with van der Waals surface area (Å²) >= 11 is 12.3. The third kappa shape index (κ3) is 6.67. The van der Waals surface area contributed by atoms with Crippen LogP contribution in [0.3, 0.4) is 0 Å². The number of nitrogens with two attached hydrogens (primary N) is 1. The zero-order chi connectivity index (χ0) is 26.5. The van der Waals surface area contributed by atoms with E-state index in [1.165, 1.54) is 18.3 Å². The van der Waals surface area contributed by atoms with Gasteiger partial charge in [0.25, 0.3) is 11.8 Å². The number of anilines is 1. The molecule has 11 heteroatoms. The molecule has 0 radical (unpaired) electrons. The van der Waals surface area contributed by atoms with Crippen LogP contribution in [0.2, 0.25) is 10.0 Å². The summed E-state index contributed by atoms with van der Waals surface area (Å²) in [7, 11) is 0. The van der Waals surface area contributed by atoms with Crippen LogP contribution < -0.4 is 15.8 Å². The zero-order valence-electron chi connectivity index (χ0n) is 20.3. The van der Waals surface area contributed by atoms with Gasteiger partial charge in [0.15, 0.2) is 5.82 Å². The number of carbonyl (C=O) groups is 1. The van der Waals surface area contributed by atoms with E-state index in [9.17, 15) is 14.3 Å². The number of hydrogen-bond acceptors (Lipinski definition) is 7. The average molecular weight is 548 g/mol. The third-order valence-corrected chi connectivity index (χ3v) is 6.86. The van der Waals surface area contributed by atoms with Gasteiger partial charge in [-0.2, -0.15) is 0 Å². The molecule has 1 aliphatic heterocycles. The smallest absolute Gasteiger partial charge is 0.258 e. The lowest BCUT2D eigenvalue weighted by molar-refractivity contribution is 0.0879. The van der Waals surface area contributed by atoms with Crippen LogP contribution in [0.5, 0.6) is 5.88 Å². The van der Waals surface area contributed by atoms with Crippen LogP contribution in [0.1, 0.15) is 41.8 Å². The predicted molar refractivity (Wildman–Crippen MR) is 141 cm³/mol. The second-order valence-corrected chi connectivity index (χ2v) is 9.70. The molecule has 4 rings (SSSR count). The molecular weight excluding hydrogens is 520 g/mol. The van der Waals surface area contributed by atoms with Gasteiger partial charge in [0.05, 0.1) is 23.0 Å². The molecule has 4 N–H and O–H groups in total. The number of halogens is 3. The van der Waals surface area contributed by atoms with Crippen LogP contribution in [0.15, 0.2) is 42.6 Å². The van der Waals surface area contributed by atoms with E-state index in [1.807, 2.05) is 0 Å². The first-order chi connectivity index (χ1) is 17.7. The van der Waals surface area contributed by atoms with Crippen LogP contribution in [-0.2, 0) is 0 Å². The Bertz CT molecular complexity index is 1260. The van der Waals surface area contributed by atoms with Gasteiger partial charge in [0, 0.05) is 34.8 Å². The highest BCUT2D eigenvalue weighted by Gasteiger charge is 2.21. The number of likely N-dealkylation sites (tertiary alicyclic amines) is 1. The Morgan fingerprint density at radius 2 is 1.92 bits per heavy atom. The van der Waals surface area contributed by atoms with E-state index < -0.39 is 18.0 Å². The number of nitrogen functional groups attached to an aromatic ring is 1. The van der Waals surface area contributed by atoms with Crippen molar-refractivity contribution in [2.24, 2.45) is 0 Å². The van der Waals surface area contributed by atoms with Gasteiger partial charge in [-0.05, 0) is 57.1 Å². The standard InChI is InChI=1S/C26H28Cl2FN5O3/c1-15(22-19(27)8-9-20(29)23(22)28)37-26-24(30)31-13-21(33-26)16-4-6-17(7-5-16)25(36)32-12-18(35)14-34-10-2-3-11-34/h4-9,13,15,18,35H,2-3,10-12,14H2,1H3,(H2,30,31)(H,32,36). The Hall–Kier alpha value is -2.98. The average Bonchev–Trinajstić information content (AvgIpc) is 3.39. The Labute approximate surface area is 224 Å². The monoisotopic (exact) mass is 547 g/mol. The molecule has 2 heterocycles. The first-order valence-electron chi connectivity index (χ1n) is 11.9. The van der Waals surface area contributed by atoms with E-state index in [4.69, 9.17) is 33.7 Å². The number of amides is 1. The maximum Gasteiger partial charge on any atom is 0.258 e. The number of benzene rings is 2. The summed E-state index contributed by atoms with van der Waals surface area (Å²) in [5, 5.41) is 13.1. The fourth-order valence-electron chi connectivity index (χ4n) is 4.18. The molecule has 2 atom stereocenters. The second kappa shape index (κ2) is 12.0. The normalized spacial score (nSPS) is 15.4. The van der Waals surface area contributed by atoms with Crippen LogP contribution in [-0.4, -0.2) is 58.2 Å². The fourth-order valence-corrected chi connectivity index (χ4v) is 4.86. The molecule has 0 spiro atoms. The summed E-state index contributed by atoms with van der Waals surface area (Å²) in [4.78, 5) is 23.3. The fraction of sp³-hybridized carbons (Fsp3) is 0.346. The topological polar surface area (TPSA) is 114 Å². The number of aromatic nitrogens is 2. The van der Waals surface area contributed by atoms with Crippen molar-refractivity contribution in [3.63, 3.8) is 0 Å². The molecule has 2 aromatic carbocycles. The van der Waals surface area contributed by atoms with Crippen molar-refractivity contribution in [1.29, 1.82) is 0 Å². The first-order valence-corrected chi connectivity index (χ1v) is 12.7. The van der Waals surface area contributed by atoms with Crippen molar-refractivity contribution in [1.82, 2.24) is 20.2 Å². The summed E-state index contributed by atoms with van der Waals surface area (Å²) in [5.74, 6) is -0.815. The maximum atomic E-state index is 13.9. The van der Waals surface area contributed by atoms with E-state index in [0.29, 0.717) is 23.4 Å². The molecule has 0 bridgehead atoms. The van der Waals surface area contributed by atoms with Crippen LogP contribution in [0.25, 0.3) is 11.3 Å². The van der Waals surface area contributed by atoms with Crippen molar-refractivity contribution >= 4 is 34.9 Å². The van der Waals surface area contributed by atoms with Crippen LogP contribution in [0, 0.1) is 5.82 Å². The van der Waals surface area contributed by atoms with Crippen molar-refractivity contribution < 1.29 is 19.0 Å². The number of nitrogens with zero attached hydrogens (tertiary/aromatic N) is 3. The maximum absolute atomic E-state index is 13.9. The number of ether oxygens (including phenoxy) is 1. The molecule has 196 valence electrons. The Balaban J connectivity index is 1.41. The van der Waals surface area contributed by atoms with Gasteiger partial charge in [-0.1, -0.05) is 35.3 Å². The van der Waals surface area contributed by atoms with Crippen molar-refractivity contribution in [3.8, 4) is 17.1 Å². The highest BCUT2D eigenvalue weighted by atomic mass is 35.5. The molecular formula is C26H28Cl2FN5O3. The molecule has 8 nitrogen and oxygen atoms in total. The minimum Gasteiger partial charge on any atom is -0.467 e. The van der Waals surface area contributed by atoms with Gasteiger partial charge >= 0.3 is 0 Å². The van der Waals surface area contributed by atoms with E-state index in [0.717, 1.165) is 25.9 Å². The number of nitrogens with one attached hydrogen (secondary N) is 1. The molecule has 3 aromatic rings. The number of aliphatic hydroxyl groups excluding tert-OH is 1. The van der Waals surface area contributed by atoms with E-state index in [-0.39, 0.29) is 39.8 Å². The van der Waals surface area contributed by atoms with Gasteiger partial charge in [-0.25, -0.2) is 14.4 Å². The zero-order valence-corrected chi connectivity index (χ0v) is 21.8. The Morgan fingerprint density at radius 1 is 1.22 bits per heavy atom. The minimum absolute atomic E-state index is 0.0372. The van der Waals surface area contributed by atoms with Crippen molar-refractivity contribution in [2.45, 2.75) is 32.0 Å². The SMILES string of the molecule is CC(Oc1nc(-c2ccc(C(=O)NCC(O)CN3CCCC3)cc2)cnc1N)c1c(Cl)ccc(F)c1Cl. The summed E-state index contributed by atoms with van der Waals surface area (Å²) in [6.07, 6.45) is 2.40. The lowest BCUT2D eigenvalue weighted by Crippen LogP contribution is -2.39. The Morgan fingerprint density at radius 3 is 2.62 bits per heavy atom. The lowest BCUT2D eigenvalue weighted by atomic mass is 10.1. The van der Waals surface area contributed by atoms with E-state index >= 15 is 0 Å². The lowest BCUT2D eigenvalue weighted by Gasteiger charge is -2.19. The summed E-state index contributed by atoms with van der Waals surface area (Å²) in [6.45, 7) is 4.35. The van der Waals surface area contributed by atoms with Crippen LogP contribution in [0.4, 0.5) is 10.2 Å². The molecule has 1 amide bonds. The number of hydrogen-bond donors (Lipinski definition) is 3. The molecule has 1 aromatic heterocycles. The first kappa shape index (κ1) is 27.1. The number of β-amino-alcohol motifs (C(OH)–C–C–N with tert-alkyl or cyclic N) is 1. The summed E-state index contributed by atoms with van der Waals surface area (Å²) in [6, 6.07) is 9.34. The highest BCUT2D eigenvalue weighted by Crippen LogP contribution is 2.35. The number of aliphatic hydroxyl groups is 1. The molecule has 37 heavy (non-hydrogen) atoms. The largest absolute Gasteiger partial charge is 0.467 e. The number of rotatable bonds is 9. The van der Waals surface area contributed by atoms with Gasteiger partial charge in [0.1, 0.15) is 11.9 Å². The van der Waals surface area contributed by atoms with Crippen LogP contribution >= 0.6 is 23.2 Å². The molecule has 1 aliphatic rings. The summed E-state index contributed by atoms with van der Waals surface area (Å²) < 4.78 is 19.8. The van der Waals surface area contributed by atoms with Crippen molar-refractivity contribution in [2.75, 3.05) is 31.9 Å². The van der Waals surface area contributed by atoms with Gasteiger partial charge in [-0.3, -0.25) is 4.79 Å². The second-order valence-electron chi connectivity index (χ2n) is 8.91. The van der Waals surface area contributed by atoms with Gasteiger partial charge in [0.2, 0.25) is 0 Å². The highest BCUT2D eigenvalue weighted by molar-refractivity contribution is 6.36. The summed E-state index contributed by atoms with van der Waals surface area (Å²) in [5.41, 5.74) is 7.81. The molecule has 0 saturated carbocycles. The van der Waals surface area contributed by atoms with E-state index in [2.05, 4.69) is 20.2 Å². The Kier molecular flexibility index (Phi) is 8.81. The molecule has 2 unspecified atom stereocenters. The van der Waals surface area contributed by atoms with E-state index in [1.54, 1.807) is 31.2 Å². The van der Waals surface area contributed by atoms with Gasteiger partial charge in [-0.15, -0.1) is 0 Å². The minimum atomic E-state index is -0.755. The number of carbonyl (C=O) groups excluding carboxylic acids is 1. The molecule has 0 aliphatic carbocycles. The van der Waals surface area contributed by atoms with Gasteiger partial charge < -0.3 is 25.8 Å². The molecule has 1 saturated heterocycles. The predicted octanol–water partition coefficient (Wildman–Crippen LogP) is 4.50. The van der Waals surface area contributed by atoms with Crippen molar-refractivity contribution in [3.05, 3.63) is 69.6 Å². The third-order valence-electron chi connectivity index (χ3n) is 6.15. The molecule has 1 fully saturated rings. The quantitative estimate of drug-likeness (QED) is 0.338.